The Morgan fingerprint density at radius 2 is 1.93 bits per heavy atom. The van der Waals surface area contributed by atoms with Gasteiger partial charge >= 0.3 is 6.03 Å². The minimum absolute atomic E-state index is 0.0854. The maximum Gasteiger partial charge on any atom is 0.319 e. The van der Waals surface area contributed by atoms with E-state index in [1.165, 1.54) is 18.6 Å². The van der Waals surface area contributed by atoms with Gasteiger partial charge in [-0.2, -0.15) is 0 Å². The summed E-state index contributed by atoms with van der Waals surface area (Å²) < 4.78 is 19.5. The molecule has 0 spiro atoms. The topological polar surface area (TPSA) is 90.9 Å². The minimum atomic E-state index is -0.598. The van der Waals surface area contributed by atoms with Gasteiger partial charge in [-0.05, 0) is 44.2 Å². The second-order valence-corrected chi connectivity index (χ2v) is 7.39. The first-order chi connectivity index (χ1) is 13.6. The Balaban J connectivity index is 1.49. The van der Waals surface area contributed by atoms with Gasteiger partial charge in [-0.25, -0.2) is 9.18 Å². The van der Waals surface area contributed by atoms with Gasteiger partial charge in [0.1, 0.15) is 11.9 Å². The molecule has 0 unspecified atom stereocenters. The number of piperidine rings is 1. The number of anilines is 1. The molecule has 2 saturated heterocycles. The van der Waals surface area contributed by atoms with E-state index in [2.05, 4.69) is 10.6 Å². The molecule has 3 atom stereocenters. The normalized spacial score (nSPS) is 25.2. The lowest BCUT2D eigenvalue weighted by Gasteiger charge is -2.37. The van der Waals surface area contributed by atoms with Crippen LogP contribution in [-0.4, -0.2) is 59.9 Å². The van der Waals surface area contributed by atoms with Gasteiger partial charge in [0.05, 0.1) is 30.9 Å². The smallest absolute Gasteiger partial charge is 0.319 e. The van der Waals surface area contributed by atoms with E-state index < -0.39 is 24.0 Å². The van der Waals surface area contributed by atoms with Gasteiger partial charge in [-0.3, -0.25) is 4.79 Å². The van der Waals surface area contributed by atoms with Gasteiger partial charge in [-0.15, -0.1) is 0 Å². The molecule has 2 aliphatic heterocycles. The second-order valence-electron chi connectivity index (χ2n) is 7.39. The van der Waals surface area contributed by atoms with E-state index in [-0.39, 0.29) is 24.3 Å². The summed E-state index contributed by atoms with van der Waals surface area (Å²) in [6, 6.07) is 4.94. The van der Waals surface area contributed by atoms with Gasteiger partial charge < -0.3 is 25.4 Å². The molecule has 7 nitrogen and oxygen atoms in total. The molecule has 3 rings (SSSR count). The molecule has 3 N–H and O–H groups in total. The summed E-state index contributed by atoms with van der Waals surface area (Å²) in [6.07, 6.45) is 3.87. The van der Waals surface area contributed by atoms with Crippen molar-refractivity contribution in [1.82, 2.24) is 10.2 Å². The zero-order valence-electron chi connectivity index (χ0n) is 15.9. The second kappa shape index (κ2) is 9.84. The quantitative estimate of drug-likeness (QED) is 0.716. The number of halogens is 1. The van der Waals surface area contributed by atoms with E-state index in [1.54, 1.807) is 12.1 Å². The van der Waals surface area contributed by atoms with E-state index >= 15 is 0 Å². The summed E-state index contributed by atoms with van der Waals surface area (Å²) in [5, 5.41) is 14.9. The Bertz CT molecular complexity index is 681. The zero-order valence-corrected chi connectivity index (χ0v) is 15.9. The molecule has 0 radical (unpaired) electrons. The third kappa shape index (κ3) is 5.42. The number of ether oxygens (including phenoxy) is 1. The summed E-state index contributed by atoms with van der Waals surface area (Å²) in [5.41, 5.74) is 0.0854. The Morgan fingerprint density at radius 1 is 1.18 bits per heavy atom. The van der Waals surface area contributed by atoms with Crippen LogP contribution < -0.4 is 10.6 Å². The number of amides is 3. The lowest BCUT2D eigenvalue weighted by atomic mass is 9.96. The van der Waals surface area contributed by atoms with E-state index in [0.717, 1.165) is 25.9 Å². The molecule has 2 heterocycles. The predicted octanol–water partition coefficient (Wildman–Crippen LogP) is 2.26. The molecule has 28 heavy (non-hydrogen) atoms. The molecular weight excluding hydrogens is 365 g/mol. The van der Waals surface area contributed by atoms with Crippen molar-refractivity contribution in [3.05, 3.63) is 30.1 Å². The number of nitrogens with one attached hydrogen (secondary N) is 2. The van der Waals surface area contributed by atoms with Crippen molar-refractivity contribution in [1.29, 1.82) is 0 Å². The van der Waals surface area contributed by atoms with E-state index in [0.29, 0.717) is 19.3 Å². The fourth-order valence-electron chi connectivity index (χ4n) is 3.80. The average Bonchev–Trinajstić information content (AvgIpc) is 2.71. The van der Waals surface area contributed by atoms with Crippen molar-refractivity contribution in [2.45, 2.75) is 56.8 Å². The number of carbonyl (C=O) groups excluding carboxylic acids is 2. The molecule has 2 fully saturated rings. The van der Waals surface area contributed by atoms with Crippen molar-refractivity contribution in [3.63, 3.8) is 0 Å². The van der Waals surface area contributed by atoms with Crippen LogP contribution in [0.15, 0.2) is 24.3 Å². The number of aliphatic hydroxyl groups is 1. The highest BCUT2D eigenvalue weighted by molar-refractivity contribution is 5.89. The molecule has 0 aromatic heterocycles. The van der Waals surface area contributed by atoms with Crippen LogP contribution in [0.5, 0.6) is 0 Å². The van der Waals surface area contributed by atoms with Crippen molar-refractivity contribution < 1.29 is 23.8 Å². The minimum Gasteiger partial charge on any atom is -0.394 e. The van der Waals surface area contributed by atoms with Crippen LogP contribution in [0.3, 0.4) is 0 Å². The summed E-state index contributed by atoms with van der Waals surface area (Å²) in [7, 11) is 0. The van der Waals surface area contributed by atoms with Crippen LogP contribution >= 0.6 is 0 Å². The maximum atomic E-state index is 13.7. The molecule has 0 saturated carbocycles. The monoisotopic (exact) mass is 393 g/mol. The summed E-state index contributed by atoms with van der Waals surface area (Å²) >= 11 is 0. The number of carbonyl (C=O) groups is 2. The number of rotatable bonds is 5. The molecule has 154 valence electrons. The lowest BCUT2D eigenvalue weighted by molar-refractivity contribution is -0.141. The Kier molecular flexibility index (Phi) is 7.22. The van der Waals surface area contributed by atoms with Crippen LogP contribution in [0.1, 0.15) is 38.5 Å². The number of aliphatic hydroxyl groups excluding tert-OH is 1. The van der Waals surface area contributed by atoms with Gasteiger partial charge in [-0.1, -0.05) is 12.1 Å². The van der Waals surface area contributed by atoms with Gasteiger partial charge in [0.15, 0.2) is 0 Å². The highest BCUT2D eigenvalue weighted by Crippen LogP contribution is 2.23. The van der Waals surface area contributed by atoms with Crippen LogP contribution in [-0.2, 0) is 9.53 Å². The number of likely N-dealkylation sites (tertiary alicyclic amines) is 1. The first-order valence-corrected chi connectivity index (χ1v) is 9.93. The number of benzene rings is 1. The van der Waals surface area contributed by atoms with E-state index in [1.807, 2.05) is 4.90 Å². The van der Waals surface area contributed by atoms with Gasteiger partial charge in [0.25, 0.3) is 0 Å². The third-order valence-electron chi connectivity index (χ3n) is 5.35. The van der Waals surface area contributed by atoms with Gasteiger partial charge in [0, 0.05) is 13.1 Å². The van der Waals surface area contributed by atoms with Crippen LogP contribution in [0.25, 0.3) is 0 Å². The van der Waals surface area contributed by atoms with Crippen LogP contribution in [0.2, 0.25) is 0 Å². The third-order valence-corrected chi connectivity index (χ3v) is 5.35. The standard InChI is InChI=1S/C20H28FN3O4/c21-15-6-2-3-7-16(15)22-20(27)23-17-9-8-14(28-18(17)13-25)12-19(26)24-10-4-1-5-11-24/h2-3,6-7,14,17-18,25H,1,4-5,8-13H2,(H2,22,23,27)/t14-,17+,18+/m1/s1. The number of hydrogen-bond acceptors (Lipinski definition) is 4. The molecule has 2 aliphatic rings. The number of para-hydroxylation sites is 1. The van der Waals surface area contributed by atoms with Crippen molar-refractivity contribution >= 4 is 17.6 Å². The van der Waals surface area contributed by atoms with E-state index in [4.69, 9.17) is 4.74 Å². The zero-order chi connectivity index (χ0) is 19.9. The van der Waals surface area contributed by atoms with Crippen LogP contribution in [0, 0.1) is 5.82 Å². The highest BCUT2D eigenvalue weighted by atomic mass is 19.1. The molecule has 1 aromatic carbocycles. The average molecular weight is 393 g/mol. The highest BCUT2D eigenvalue weighted by Gasteiger charge is 2.33. The summed E-state index contributed by atoms with van der Waals surface area (Å²) in [4.78, 5) is 26.5. The maximum absolute atomic E-state index is 13.7. The number of hydrogen-bond donors (Lipinski definition) is 3. The first kappa shape index (κ1) is 20.5. The molecule has 0 aliphatic carbocycles. The molecule has 1 aromatic rings. The largest absolute Gasteiger partial charge is 0.394 e. The molecule has 8 heteroatoms. The lowest BCUT2D eigenvalue weighted by Crippen LogP contribution is -2.52. The number of nitrogens with zero attached hydrogens (tertiary/aromatic N) is 1. The molecule has 0 bridgehead atoms. The SMILES string of the molecule is O=C(Nc1ccccc1F)N[C@H]1CC[C@H](CC(=O)N2CCCCC2)O[C@H]1CO. The van der Waals surface area contributed by atoms with Gasteiger partial charge in [0.2, 0.25) is 5.91 Å². The van der Waals surface area contributed by atoms with Crippen LogP contribution in [0.4, 0.5) is 14.9 Å². The fourth-order valence-corrected chi connectivity index (χ4v) is 3.80. The Hall–Kier alpha value is -2.19. The van der Waals surface area contributed by atoms with Crippen molar-refractivity contribution in [3.8, 4) is 0 Å². The Labute approximate surface area is 164 Å². The van der Waals surface area contributed by atoms with Crippen molar-refractivity contribution in [2.75, 3.05) is 25.0 Å². The predicted molar refractivity (Wildman–Crippen MR) is 102 cm³/mol. The summed E-state index contributed by atoms with van der Waals surface area (Å²) in [5.74, 6) is -0.433. The number of urea groups is 1. The fraction of sp³-hybridized carbons (Fsp3) is 0.600. The molecular formula is C20H28FN3O4. The first-order valence-electron chi connectivity index (χ1n) is 9.93. The Morgan fingerprint density at radius 3 is 2.64 bits per heavy atom. The molecule has 3 amide bonds. The van der Waals surface area contributed by atoms with E-state index in [9.17, 15) is 19.1 Å². The summed E-state index contributed by atoms with van der Waals surface area (Å²) in [6.45, 7) is 1.34. The van der Waals surface area contributed by atoms with Crippen molar-refractivity contribution in [2.24, 2.45) is 0 Å².